The SMILES string of the molecule is Cc1ccc2nc(C3CCN(C(=O)COc4ccc(Cl)cc4)CC3)[nH]c2c1. The molecule has 2 heterocycles. The summed E-state index contributed by atoms with van der Waals surface area (Å²) in [6.45, 7) is 3.58. The maximum absolute atomic E-state index is 12.4. The van der Waals surface area contributed by atoms with Crippen molar-refractivity contribution < 1.29 is 9.53 Å². The summed E-state index contributed by atoms with van der Waals surface area (Å²) < 4.78 is 5.57. The van der Waals surface area contributed by atoms with Crippen LogP contribution in [0.1, 0.15) is 30.1 Å². The van der Waals surface area contributed by atoms with E-state index in [0.29, 0.717) is 16.7 Å². The van der Waals surface area contributed by atoms with Gasteiger partial charge in [0, 0.05) is 24.0 Å². The van der Waals surface area contributed by atoms with Crippen LogP contribution in [0.3, 0.4) is 0 Å². The van der Waals surface area contributed by atoms with Crippen molar-refractivity contribution in [1.29, 1.82) is 0 Å². The van der Waals surface area contributed by atoms with Gasteiger partial charge >= 0.3 is 0 Å². The Morgan fingerprint density at radius 1 is 1.22 bits per heavy atom. The summed E-state index contributed by atoms with van der Waals surface area (Å²) in [6, 6.07) is 13.3. The van der Waals surface area contributed by atoms with Crippen LogP contribution in [0, 0.1) is 6.92 Å². The molecule has 1 saturated heterocycles. The first-order valence-corrected chi connectivity index (χ1v) is 9.59. The largest absolute Gasteiger partial charge is 0.484 e. The van der Waals surface area contributed by atoms with E-state index < -0.39 is 0 Å². The molecular weight excluding hydrogens is 362 g/mol. The number of rotatable bonds is 4. The average molecular weight is 384 g/mol. The number of halogens is 1. The first-order valence-electron chi connectivity index (χ1n) is 9.21. The van der Waals surface area contributed by atoms with Gasteiger partial charge in [-0.3, -0.25) is 4.79 Å². The maximum Gasteiger partial charge on any atom is 0.260 e. The summed E-state index contributed by atoms with van der Waals surface area (Å²) in [5, 5.41) is 0.650. The highest BCUT2D eigenvalue weighted by Crippen LogP contribution is 2.28. The lowest BCUT2D eigenvalue weighted by Gasteiger charge is -2.31. The topological polar surface area (TPSA) is 58.2 Å². The van der Waals surface area contributed by atoms with Gasteiger partial charge in [0.25, 0.3) is 5.91 Å². The Bertz CT molecular complexity index is 944. The molecule has 1 aromatic heterocycles. The first-order chi connectivity index (χ1) is 13.1. The van der Waals surface area contributed by atoms with Crippen LogP contribution in [0.2, 0.25) is 5.02 Å². The number of imidazole rings is 1. The lowest BCUT2D eigenvalue weighted by atomic mass is 9.96. The average Bonchev–Trinajstić information content (AvgIpc) is 3.10. The van der Waals surface area contributed by atoms with Gasteiger partial charge in [0.1, 0.15) is 11.6 Å². The molecule has 0 spiro atoms. The number of H-pyrrole nitrogens is 1. The zero-order valence-corrected chi connectivity index (χ0v) is 16.0. The minimum absolute atomic E-state index is 0.0173. The van der Waals surface area contributed by atoms with Crippen LogP contribution in [0.5, 0.6) is 5.75 Å². The van der Waals surface area contributed by atoms with E-state index in [-0.39, 0.29) is 12.5 Å². The monoisotopic (exact) mass is 383 g/mol. The number of aromatic nitrogens is 2. The van der Waals surface area contributed by atoms with Crippen LogP contribution < -0.4 is 4.74 Å². The van der Waals surface area contributed by atoms with Crippen LogP contribution in [-0.2, 0) is 4.79 Å². The summed E-state index contributed by atoms with van der Waals surface area (Å²) in [7, 11) is 0. The third kappa shape index (κ3) is 4.08. The van der Waals surface area contributed by atoms with Crippen LogP contribution >= 0.6 is 11.6 Å². The van der Waals surface area contributed by atoms with Gasteiger partial charge in [0.05, 0.1) is 11.0 Å². The fourth-order valence-corrected chi connectivity index (χ4v) is 3.63. The fourth-order valence-electron chi connectivity index (χ4n) is 3.51. The normalized spacial score (nSPS) is 15.3. The van der Waals surface area contributed by atoms with Crippen molar-refractivity contribution in [2.24, 2.45) is 0 Å². The number of nitrogens with zero attached hydrogens (tertiary/aromatic N) is 2. The van der Waals surface area contributed by atoms with Crippen LogP contribution in [-0.4, -0.2) is 40.5 Å². The molecule has 0 aliphatic carbocycles. The van der Waals surface area contributed by atoms with Crippen molar-refractivity contribution in [1.82, 2.24) is 14.9 Å². The Kier molecular flexibility index (Phi) is 5.03. The summed E-state index contributed by atoms with van der Waals surface area (Å²) in [6.07, 6.45) is 1.82. The van der Waals surface area contributed by atoms with Crippen LogP contribution in [0.15, 0.2) is 42.5 Å². The second-order valence-electron chi connectivity index (χ2n) is 7.04. The number of nitrogens with one attached hydrogen (secondary N) is 1. The van der Waals surface area contributed by atoms with Crippen molar-refractivity contribution in [3.05, 3.63) is 58.9 Å². The second-order valence-corrected chi connectivity index (χ2v) is 7.48. The highest BCUT2D eigenvalue weighted by atomic mass is 35.5. The second kappa shape index (κ2) is 7.61. The number of carbonyl (C=O) groups excluding carboxylic acids is 1. The van der Waals surface area contributed by atoms with Gasteiger partial charge < -0.3 is 14.6 Å². The van der Waals surface area contributed by atoms with Gasteiger partial charge in [0.15, 0.2) is 6.61 Å². The number of piperidine rings is 1. The van der Waals surface area contributed by atoms with E-state index in [2.05, 4.69) is 30.1 Å². The molecule has 0 unspecified atom stereocenters. The number of benzene rings is 2. The van der Waals surface area contributed by atoms with Crippen LogP contribution in [0.4, 0.5) is 0 Å². The number of amides is 1. The van der Waals surface area contributed by atoms with E-state index >= 15 is 0 Å². The molecule has 2 aromatic carbocycles. The van der Waals surface area contributed by atoms with Crippen LogP contribution in [0.25, 0.3) is 11.0 Å². The van der Waals surface area contributed by atoms with E-state index in [1.54, 1.807) is 24.3 Å². The Labute approximate surface area is 163 Å². The van der Waals surface area contributed by atoms with Crippen molar-refractivity contribution in [3.8, 4) is 5.75 Å². The van der Waals surface area contributed by atoms with E-state index in [1.807, 2.05) is 4.90 Å². The molecule has 1 aliphatic rings. The number of hydrogen-bond acceptors (Lipinski definition) is 3. The minimum atomic E-state index is 0.0173. The molecule has 27 heavy (non-hydrogen) atoms. The van der Waals surface area contributed by atoms with Gasteiger partial charge in [-0.05, 0) is 61.7 Å². The van der Waals surface area contributed by atoms with Crippen molar-refractivity contribution in [2.75, 3.05) is 19.7 Å². The fraction of sp³-hybridized carbons (Fsp3) is 0.333. The zero-order chi connectivity index (χ0) is 18.8. The highest BCUT2D eigenvalue weighted by Gasteiger charge is 2.26. The molecule has 6 heteroatoms. The highest BCUT2D eigenvalue weighted by molar-refractivity contribution is 6.30. The van der Waals surface area contributed by atoms with E-state index in [4.69, 9.17) is 21.3 Å². The summed E-state index contributed by atoms with van der Waals surface area (Å²) in [5.74, 6) is 2.06. The standard InChI is InChI=1S/C21H22ClN3O2/c1-14-2-7-18-19(12-14)24-21(23-18)15-8-10-25(11-9-15)20(26)13-27-17-5-3-16(22)4-6-17/h2-7,12,15H,8-11,13H2,1H3,(H,23,24). The van der Waals surface area contributed by atoms with E-state index in [9.17, 15) is 4.79 Å². The lowest BCUT2D eigenvalue weighted by molar-refractivity contribution is -0.134. The summed E-state index contributed by atoms with van der Waals surface area (Å²) in [5.41, 5.74) is 3.31. The third-order valence-corrected chi connectivity index (χ3v) is 5.32. The number of aromatic amines is 1. The molecule has 4 rings (SSSR count). The molecule has 0 bridgehead atoms. The van der Waals surface area contributed by atoms with Gasteiger partial charge in [-0.2, -0.15) is 0 Å². The Morgan fingerprint density at radius 3 is 2.70 bits per heavy atom. The molecule has 1 fully saturated rings. The lowest BCUT2D eigenvalue weighted by Crippen LogP contribution is -2.40. The zero-order valence-electron chi connectivity index (χ0n) is 15.2. The van der Waals surface area contributed by atoms with E-state index in [1.165, 1.54) is 5.56 Å². The minimum Gasteiger partial charge on any atom is -0.484 e. The molecule has 0 saturated carbocycles. The molecule has 1 amide bonds. The summed E-state index contributed by atoms with van der Waals surface area (Å²) in [4.78, 5) is 22.5. The van der Waals surface area contributed by atoms with Crippen molar-refractivity contribution in [3.63, 3.8) is 0 Å². The number of ether oxygens (including phenoxy) is 1. The third-order valence-electron chi connectivity index (χ3n) is 5.07. The number of likely N-dealkylation sites (tertiary alicyclic amines) is 1. The molecule has 140 valence electrons. The predicted octanol–water partition coefficient (Wildman–Crippen LogP) is 4.31. The van der Waals surface area contributed by atoms with Crippen molar-refractivity contribution in [2.45, 2.75) is 25.7 Å². The predicted molar refractivity (Wildman–Crippen MR) is 106 cm³/mol. The number of fused-ring (bicyclic) bond motifs is 1. The number of aryl methyl sites for hydroxylation is 1. The molecule has 1 N–H and O–H groups in total. The van der Waals surface area contributed by atoms with Gasteiger partial charge in [-0.1, -0.05) is 17.7 Å². The number of carbonyl (C=O) groups is 1. The first kappa shape index (κ1) is 17.9. The van der Waals surface area contributed by atoms with E-state index in [0.717, 1.165) is 42.8 Å². The molecule has 1 aliphatic heterocycles. The quantitative estimate of drug-likeness (QED) is 0.730. The smallest absolute Gasteiger partial charge is 0.260 e. The number of hydrogen-bond donors (Lipinski definition) is 1. The molecular formula is C21H22ClN3O2. The maximum atomic E-state index is 12.4. The molecule has 0 radical (unpaired) electrons. The molecule has 3 aromatic rings. The van der Waals surface area contributed by atoms with Crippen molar-refractivity contribution >= 4 is 28.5 Å². The summed E-state index contributed by atoms with van der Waals surface area (Å²) >= 11 is 5.86. The van der Waals surface area contributed by atoms with Gasteiger partial charge in [0.2, 0.25) is 0 Å². The Balaban J connectivity index is 1.32. The molecule has 0 atom stereocenters. The molecule has 5 nitrogen and oxygen atoms in total. The van der Waals surface area contributed by atoms with Gasteiger partial charge in [-0.25, -0.2) is 4.98 Å². The Morgan fingerprint density at radius 2 is 1.96 bits per heavy atom. The van der Waals surface area contributed by atoms with Gasteiger partial charge in [-0.15, -0.1) is 0 Å². The Hall–Kier alpha value is -2.53.